The lowest BCUT2D eigenvalue weighted by molar-refractivity contribution is -0.136. The number of benzene rings is 1. The lowest BCUT2D eigenvalue weighted by Crippen LogP contribution is -2.45. The molecule has 1 saturated heterocycles. The highest BCUT2D eigenvalue weighted by Gasteiger charge is 2.32. The summed E-state index contributed by atoms with van der Waals surface area (Å²) in [6.07, 6.45) is 2.12. The molecule has 21 heavy (non-hydrogen) atoms. The quantitative estimate of drug-likeness (QED) is 0.923. The molecular formula is C16H21FN2O2. The monoisotopic (exact) mass is 292 g/mol. The van der Waals surface area contributed by atoms with E-state index >= 15 is 0 Å². The average Bonchev–Trinajstić information content (AvgIpc) is 2.95. The van der Waals surface area contributed by atoms with E-state index in [-0.39, 0.29) is 24.2 Å². The van der Waals surface area contributed by atoms with Crippen molar-refractivity contribution in [1.82, 2.24) is 10.2 Å². The number of nitrogens with zero attached hydrogens (tertiary/aromatic N) is 1. The molecule has 1 unspecified atom stereocenters. The lowest BCUT2D eigenvalue weighted by atomic mass is 10.1. The fourth-order valence-electron chi connectivity index (χ4n) is 2.76. The molecular weight excluding hydrogens is 271 g/mol. The van der Waals surface area contributed by atoms with Crippen LogP contribution < -0.4 is 5.32 Å². The fraction of sp³-hybridized carbons (Fsp3) is 0.500. The number of amides is 2. The van der Waals surface area contributed by atoms with Crippen molar-refractivity contribution in [2.24, 2.45) is 0 Å². The van der Waals surface area contributed by atoms with E-state index in [9.17, 15) is 14.0 Å². The van der Waals surface area contributed by atoms with Gasteiger partial charge in [0.2, 0.25) is 11.8 Å². The van der Waals surface area contributed by atoms with Gasteiger partial charge in [0.1, 0.15) is 11.9 Å². The summed E-state index contributed by atoms with van der Waals surface area (Å²) in [6.45, 7) is 4.13. The summed E-state index contributed by atoms with van der Waals surface area (Å²) in [6, 6.07) is 4.79. The van der Waals surface area contributed by atoms with E-state index < -0.39 is 6.04 Å². The maximum atomic E-state index is 14.1. The van der Waals surface area contributed by atoms with Gasteiger partial charge in [0.25, 0.3) is 0 Å². The van der Waals surface area contributed by atoms with Gasteiger partial charge in [-0.25, -0.2) is 4.39 Å². The average molecular weight is 292 g/mol. The topological polar surface area (TPSA) is 49.4 Å². The molecule has 4 nitrogen and oxygen atoms in total. The fourth-order valence-corrected chi connectivity index (χ4v) is 2.76. The zero-order chi connectivity index (χ0) is 15.4. The summed E-state index contributed by atoms with van der Waals surface area (Å²) < 4.78 is 14.1. The van der Waals surface area contributed by atoms with Crippen LogP contribution in [0.1, 0.15) is 37.8 Å². The van der Waals surface area contributed by atoms with Crippen molar-refractivity contribution in [2.45, 2.75) is 45.7 Å². The Balaban J connectivity index is 2.00. The van der Waals surface area contributed by atoms with Crippen LogP contribution >= 0.6 is 0 Å². The molecule has 2 rings (SSSR count). The van der Waals surface area contributed by atoms with Gasteiger partial charge < -0.3 is 10.2 Å². The molecule has 0 spiro atoms. The summed E-state index contributed by atoms with van der Waals surface area (Å²) in [5.41, 5.74) is 1.13. The van der Waals surface area contributed by atoms with E-state index in [0.29, 0.717) is 30.5 Å². The van der Waals surface area contributed by atoms with Crippen LogP contribution in [0, 0.1) is 5.82 Å². The molecule has 1 atom stereocenters. The second-order valence-corrected chi connectivity index (χ2v) is 5.33. The van der Waals surface area contributed by atoms with E-state index in [0.717, 1.165) is 6.42 Å². The molecule has 0 aromatic heterocycles. The minimum atomic E-state index is -0.417. The summed E-state index contributed by atoms with van der Waals surface area (Å²) in [5, 5.41) is 2.75. The minimum absolute atomic E-state index is 0.0909. The predicted octanol–water partition coefficient (Wildman–Crippen LogP) is 2.02. The van der Waals surface area contributed by atoms with Crippen LogP contribution in [0.2, 0.25) is 0 Å². The summed E-state index contributed by atoms with van der Waals surface area (Å²) in [4.78, 5) is 25.2. The van der Waals surface area contributed by atoms with Crippen LogP contribution in [0.3, 0.4) is 0 Å². The molecule has 1 fully saturated rings. The van der Waals surface area contributed by atoms with Gasteiger partial charge in [0.05, 0.1) is 0 Å². The molecule has 0 radical (unpaired) electrons. The third kappa shape index (κ3) is 3.40. The van der Waals surface area contributed by atoms with Crippen LogP contribution in [0.4, 0.5) is 4.39 Å². The SMILES string of the molecule is CCc1cccc(CNC(=O)C2CCCN2C(C)=O)c1F. The first kappa shape index (κ1) is 15.5. The van der Waals surface area contributed by atoms with Crippen molar-refractivity contribution >= 4 is 11.8 Å². The molecule has 0 saturated carbocycles. The summed E-state index contributed by atoms with van der Waals surface area (Å²) in [7, 11) is 0. The van der Waals surface area contributed by atoms with Gasteiger partial charge in [-0.3, -0.25) is 9.59 Å². The molecule has 1 N–H and O–H groups in total. The zero-order valence-electron chi connectivity index (χ0n) is 12.5. The number of rotatable bonds is 4. The smallest absolute Gasteiger partial charge is 0.243 e. The molecule has 1 aromatic rings. The number of hydrogen-bond donors (Lipinski definition) is 1. The Morgan fingerprint density at radius 2 is 2.10 bits per heavy atom. The number of hydrogen-bond acceptors (Lipinski definition) is 2. The van der Waals surface area contributed by atoms with Crippen LogP contribution in [-0.4, -0.2) is 29.3 Å². The van der Waals surface area contributed by atoms with Crippen LogP contribution in [0.5, 0.6) is 0 Å². The van der Waals surface area contributed by atoms with Gasteiger partial charge in [-0.05, 0) is 24.8 Å². The van der Waals surface area contributed by atoms with Gasteiger partial charge in [-0.1, -0.05) is 25.1 Å². The third-order valence-electron chi connectivity index (χ3n) is 3.95. The minimum Gasteiger partial charge on any atom is -0.350 e. The number of likely N-dealkylation sites (tertiary alicyclic amines) is 1. The number of aryl methyl sites for hydroxylation is 1. The van der Waals surface area contributed by atoms with Crippen LogP contribution in [0.15, 0.2) is 18.2 Å². The lowest BCUT2D eigenvalue weighted by Gasteiger charge is -2.22. The highest BCUT2D eigenvalue weighted by molar-refractivity contribution is 5.87. The van der Waals surface area contributed by atoms with E-state index in [1.165, 1.54) is 6.92 Å². The standard InChI is InChI=1S/C16H21FN2O2/c1-3-12-6-4-7-13(15(12)17)10-18-16(21)14-8-5-9-19(14)11(2)20/h4,6-7,14H,3,5,8-10H2,1-2H3,(H,18,21). The molecule has 0 aliphatic carbocycles. The molecule has 5 heteroatoms. The van der Waals surface area contributed by atoms with Crippen molar-refractivity contribution in [3.05, 3.63) is 35.1 Å². The molecule has 1 aliphatic heterocycles. The highest BCUT2D eigenvalue weighted by Crippen LogP contribution is 2.18. The van der Waals surface area contributed by atoms with E-state index in [1.54, 1.807) is 23.1 Å². The molecule has 1 aromatic carbocycles. The van der Waals surface area contributed by atoms with E-state index in [2.05, 4.69) is 5.32 Å². The zero-order valence-corrected chi connectivity index (χ0v) is 12.5. The molecule has 2 amide bonds. The predicted molar refractivity (Wildman–Crippen MR) is 78.0 cm³/mol. The van der Waals surface area contributed by atoms with Gasteiger partial charge >= 0.3 is 0 Å². The molecule has 1 heterocycles. The van der Waals surface area contributed by atoms with Gasteiger partial charge in [0, 0.05) is 25.6 Å². The van der Waals surface area contributed by atoms with E-state index in [4.69, 9.17) is 0 Å². The Morgan fingerprint density at radius 3 is 2.76 bits per heavy atom. The largest absolute Gasteiger partial charge is 0.350 e. The Kier molecular flexibility index (Phi) is 4.94. The highest BCUT2D eigenvalue weighted by atomic mass is 19.1. The van der Waals surface area contributed by atoms with Crippen molar-refractivity contribution in [3.63, 3.8) is 0 Å². The summed E-state index contributed by atoms with van der Waals surface area (Å²) >= 11 is 0. The number of carbonyl (C=O) groups is 2. The van der Waals surface area contributed by atoms with Crippen molar-refractivity contribution in [1.29, 1.82) is 0 Å². The molecule has 1 aliphatic rings. The third-order valence-corrected chi connectivity index (χ3v) is 3.95. The Hall–Kier alpha value is -1.91. The van der Waals surface area contributed by atoms with Gasteiger partial charge in [-0.15, -0.1) is 0 Å². The van der Waals surface area contributed by atoms with Gasteiger partial charge in [-0.2, -0.15) is 0 Å². The number of carbonyl (C=O) groups excluding carboxylic acids is 2. The normalized spacial score (nSPS) is 17.9. The maximum Gasteiger partial charge on any atom is 0.243 e. The Morgan fingerprint density at radius 1 is 1.38 bits per heavy atom. The number of halogens is 1. The first-order valence-corrected chi connectivity index (χ1v) is 7.35. The first-order valence-electron chi connectivity index (χ1n) is 7.35. The van der Waals surface area contributed by atoms with Crippen molar-refractivity contribution in [2.75, 3.05) is 6.54 Å². The van der Waals surface area contributed by atoms with Gasteiger partial charge in [0.15, 0.2) is 0 Å². The second-order valence-electron chi connectivity index (χ2n) is 5.33. The number of nitrogens with one attached hydrogen (secondary N) is 1. The Labute approximate surface area is 124 Å². The van der Waals surface area contributed by atoms with Crippen molar-refractivity contribution in [3.8, 4) is 0 Å². The maximum absolute atomic E-state index is 14.1. The van der Waals surface area contributed by atoms with Crippen molar-refractivity contribution < 1.29 is 14.0 Å². The first-order chi connectivity index (χ1) is 10.0. The Bertz CT molecular complexity index is 545. The second kappa shape index (κ2) is 6.70. The van der Waals surface area contributed by atoms with Crippen LogP contribution in [0.25, 0.3) is 0 Å². The summed E-state index contributed by atoms with van der Waals surface area (Å²) in [5.74, 6) is -0.550. The molecule has 0 bridgehead atoms. The molecule has 114 valence electrons. The van der Waals surface area contributed by atoms with Crippen LogP contribution in [-0.2, 0) is 22.6 Å². The van der Waals surface area contributed by atoms with E-state index in [1.807, 2.05) is 6.92 Å².